The summed E-state index contributed by atoms with van der Waals surface area (Å²) in [5.41, 5.74) is 0. The van der Waals surface area contributed by atoms with E-state index in [0.717, 1.165) is 115 Å². The summed E-state index contributed by atoms with van der Waals surface area (Å²) in [5, 5.41) is 10.5. The maximum atomic E-state index is 13.0. The van der Waals surface area contributed by atoms with Gasteiger partial charge in [-0.05, 0) is 37.5 Å². The number of phosphoric ester groups is 2. The SMILES string of the molecule is CCCCCCCCCCC(=O)OC[C@H](COP(=O)(O)OC[C@H](O)COP(=O)(O)OC[C@@H](COC(=O)CCCCCCCCCCCC(C)C)OC(=O)CCCCCCCCCCCCC(C)C)OC(=O)CCCCCCCCCC. The van der Waals surface area contributed by atoms with Gasteiger partial charge in [0.05, 0.1) is 26.4 Å². The number of carbonyl (C=O) groups excluding carboxylic acids is 4. The first kappa shape index (κ1) is 79.1. The second kappa shape index (κ2) is 54.7. The smallest absolute Gasteiger partial charge is 0.462 e. The molecule has 0 heterocycles. The van der Waals surface area contributed by atoms with Gasteiger partial charge in [-0.3, -0.25) is 37.3 Å². The summed E-state index contributed by atoms with van der Waals surface area (Å²) in [6.07, 6.45) is 36.3. The molecule has 2 unspecified atom stereocenters. The largest absolute Gasteiger partial charge is 0.472 e. The number of rotatable bonds is 61. The maximum Gasteiger partial charge on any atom is 0.472 e. The Kier molecular flexibility index (Phi) is 53.4. The van der Waals surface area contributed by atoms with Gasteiger partial charge in [-0.25, -0.2) is 9.13 Å². The van der Waals surface area contributed by atoms with Gasteiger partial charge in [0.1, 0.15) is 19.3 Å². The van der Waals surface area contributed by atoms with E-state index in [-0.39, 0.29) is 25.7 Å². The Bertz CT molecular complexity index is 1600. The first-order valence-corrected chi connectivity index (χ1v) is 35.5. The molecule has 0 radical (unpaired) electrons. The van der Waals surface area contributed by atoms with Crippen LogP contribution >= 0.6 is 15.6 Å². The van der Waals surface area contributed by atoms with Gasteiger partial charge in [0.25, 0.3) is 0 Å². The minimum Gasteiger partial charge on any atom is -0.462 e. The van der Waals surface area contributed by atoms with Crippen LogP contribution in [0.5, 0.6) is 0 Å². The summed E-state index contributed by atoms with van der Waals surface area (Å²) in [5.74, 6) is -0.645. The molecule has 0 aromatic rings. The van der Waals surface area contributed by atoms with E-state index < -0.39 is 97.5 Å². The van der Waals surface area contributed by atoms with E-state index in [1.807, 2.05) is 0 Å². The quantitative estimate of drug-likeness (QED) is 0.0222. The van der Waals surface area contributed by atoms with E-state index >= 15 is 0 Å². The molecule has 0 spiro atoms. The summed E-state index contributed by atoms with van der Waals surface area (Å²) < 4.78 is 67.8. The van der Waals surface area contributed by atoms with Crippen molar-refractivity contribution in [1.82, 2.24) is 0 Å². The molecule has 19 heteroatoms. The lowest BCUT2D eigenvalue weighted by Crippen LogP contribution is -2.30. The molecule has 480 valence electrons. The number of hydrogen-bond acceptors (Lipinski definition) is 15. The second-order valence-corrected chi connectivity index (χ2v) is 26.3. The normalized spacial score (nSPS) is 14.4. The summed E-state index contributed by atoms with van der Waals surface area (Å²) in [6, 6.07) is 0. The van der Waals surface area contributed by atoms with Crippen molar-refractivity contribution in [3.63, 3.8) is 0 Å². The van der Waals surface area contributed by atoms with Crippen LogP contribution in [0, 0.1) is 11.8 Å². The lowest BCUT2D eigenvalue weighted by molar-refractivity contribution is -0.161. The zero-order valence-corrected chi connectivity index (χ0v) is 53.9. The third-order valence-corrected chi connectivity index (χ3v) is 16.1. The van der Waals surface area contributed by atoms with Crippen LogP contribution < -0.4 is 0 Å². The number of aliphatic hydroxyl groups excluding tert-OH is 1. The van der Waals surface area contributed by atoms with Crippen LogP contribution in [-0.4, -0.2) is 96.7 Å². The highest BCUT2D eigenvalue weighted by Crippen LogP contribution is 2.45. The lowest BCUT2D eigenvalue weighted by Gasteiger charge is -2.21. The summed E-state index contributed by atoms with van der Waals surface area (Å²) in [4.78, 5) is 72.0. The van der Waals surface area contributed by atoms with Gasteiger partial charge >= 0.3 is 39.5 Å². The minimum absolute atomic E-state index is 0.104. The van der Waals surface area contributed by atoms with Crippen molar-refractivity contribution in [2.75, 3.05) is 39.6 Å². The van der Waals surface area contributed by atoms with Gasteiger partial charge in [-0.15, -0.1) is 0 Å². The topological polar surface area (TPSA) is 237 Å². The van der Waals surface area contributed by atoms with Gasteiger partial charge < -0.3 is 33.8 Å². The summed E-state index contributed by atoms with van der Waals surface area (Å²) in [7, 11) is -9.88. The molecule has 0 bridgehead atoms. The third-order valence-electron chi connectivity index (χ3n) is 14.2. The van der Waals surface area contributed by atoms with Gasteiger partial charge in [-0.1, -0.05) is 253 Å². The van der Waals surface area contributed by atoms with Crippen LogP contribution in [0.3, 0.4) is 0 Å². The number of aliphatic hydroxyl groups is 1. The van der Waals surface area contributed by atoms with E-state index in [2.05, 4.69) is 41.5 Å². The van der Waals surface area contributed by atoms with Crippen molar-refractivity contribution in [1.29, 1.82) is 0 Å². The number of esters is 4. The summed E-state index contributed by atoms with van der Waals surface area (Å²) in [6.45, 7) is 9.40. The van der Waals surface area contributed by atoms with Crippen molar-refractivity contribution in [2.45, 2.75) is 323 Å². The molecule has 5 atom stereocenters. The van der Waals surface area contributed by atoms with Gasteiger partial charge in [0.15, 0.2) is 12.2 Å². The van der Waals surface area contributed by atoms with Crippen LogP contribution in [-0.2, 0) is 65.4 Å². The van der Waals surface area contributed by atoms with E-state index in [4.69, 9.17) is 37.0 Å². The molecule has 81 heavy (non-hydrogen) atoms. The summed E-state index contributed by atoms with van der Waals surface area (Å²) >= 11 is 0. The molecule has 0 aliphatic heterocycles. The molecule has 0 saturated heterocycles. The van der Waals surface area contributed by atoms with Crippen molar-refractivity contribution in [3.8, 4) is 0 Å². The van der Waals surface area contributed by atoms with Crippen LogP contribution in [0.1, 0.15) is 305 Å². The highest BCUT2D eigenvalue weighted by molar-refractivity contribution is 7.47. The molecule has 0 aliphatic rings. The first-order chi connectivity index (χ1) is 38.9. The van der Waals surface area contributed by atoms with Crippen LogP contribution in [0.4, 0.5) is 0 Å². The van der Waals surface area contributed by atoms with Gasteiger partial charge in [-0.2, -0.15) is 0 Å². The minimum atomic E-state index is -4.94. The monoisotopic (exact) mass is 1200 g/mol. The fraction of sp³-hybridized carbons (Fsp3) is 0.935. The lowest BCUT2D eigenvalue weighted by atomic mass is 10.0. The second-order valence-electron chi connectivity index (χ2n) is 23.4. The average Bonchev–Trinajstić information content (AvgIpc) is 3.42. The van der Waals surface area contributed by atoms with Crippen molar-refractivity contribution >= 4 is 39.5 Å². The molecular formula is C62H120O17P2. The Labute approximate surface area is 492 Å². The van der Waals surface area contributed by atoms with E-state index in [1.54, 1.807) is 0 Å². The van der Waals surface area contributed by atoms with Gasteiger partial charge in [0.2, 0.25) is 0 Å². The fourth-order valence-corrected chi connectivity index (χ4v) is 10.8. The molecule has 0 aromatic heterocycles. The number of unbranched alkanes of at least 4 members (excludes halogenated alkanes) is 31. The van der Waals surface area contributed by atoms with E-state index in [0.29, 0.717) is 25.7 Å². The van der Waals surface area contributed by atoms with Crippen LogP contribution in [0.2, 0.25) is 0 Å². The Morgan fingerprint density at radius 2 is 0.568 bits per heavy atom. The fourth-order valence-electron chi connectivity index (χ4n) is 9.18. The molecule has 0 aromatic carbocycles. The Morgan fingerprint density at radius 3 is 0.840 bits per heavy atom. The van der Waals surface area contributed by atoms with E-state index in [1.165, 1.54) is 109 Å². The van der Waals surface area contributed by atoms with Crippen molar-refractivity contribution < 1.29 is 80.2 Å². The Morgan fingerprint density at radius 1 is 0.333 bits per heavy atom. The molecule has 17 nitrogen and oxygen atoms in total. The third kappa shape index (κ3) is 56.9. The van der Waals surface area contributed by atoms with E-state index in [9.17, 15) is 43.2 Å². The van der Waals surface area contributed by atoms with Crippen molar-refractivity contribution in [2.24, 2.45) is 11.8 Å². The zero-order valence-electron chi connectivity index (χ0n) is 52.1. The molecule has 0 aliphatic carbocycles. The standard InChI is InChI=1S/C62H120O17P2/c1-7-9-11-13-15-26-32-38-44-59(64)72-50-57(78-61(66)46-40-34-27-16-14-12-10-8-2)52-76-80(68,69)74-48-56(63)49-75-81(70,71)77-53-58(51-73-60(65)45-39-33-28-23-19-21-25-31-37-43-55(5)6)79-62(67)47-41-35-29-22-18-17-20-24-30-36-42-54(3)4/h54-58,63H,7-53H2,1-6H3,(H,68,69)(H,70,71)/t56-,57+,58+/m0/s1. The average molecular weight is 1200 g/mol. The number of phosphoric acid groups is 2. The number of ether oxygens (including phenoxy) is 4. The zero-order chi connectivity index (χ0) is 60.1. The highest BCUT2D eigenvalue weighted by atomic mass is 31.2. The molecule has 0 fully saturated rings. The predicted molar refractivity (Wildman–Crippen MR) is 321 cm³/mol. The Balaban J connectivity index is 5.22. The molecule has 0 amide bonds. The van der Waals surface area contributed by atoms with Gasteiger partial charge in [0, 0.05) is 25.7 Å². The molecule has 3 N–H and O–H groups in total. The first-order valence-electron chi connectivity index (χ1n) is 32.5. The Hall–Kier alpha value is -1.94. The van der Waals surface area contributed by atoms with Crippen LogP contribution in [0.15, 0.2) is 0 Å². The highest BCUT2D eigenvalue weighted by Gasteiger charge is 2.30. The maximum absolute atomic E-state index is 13.0. The molecular weight excluding hydrogens is 1080 g/mol. The number of hydrogen-bond donors (Lipinski definition) is 3. The predicted octanol–water partition coefficient (Wildman–Crippen LogP) is 16.9. The molecule has 0 rings (SSSR count). The number of carbonyl (C=O) groups is 4. The molecule has 0 saturated carbocycles. The van der Waals surface area contributed by atoms with Crippen molar-refractivity contribution in [3.05, 3.63) is 0 Å². The van der Waals surface area contributed by atoms with Crippen LogP contribution in [0.25, 0.3) is 0 Å².